The molecule has 1 nitrogen and oxygen atoms in total. The number of halogens is 2. The summed E-state index contributed by atoms with van der Waals surface area (Å²) in [4.78, 5) is 2.18. The summed E-state index contributed by atoms with van der Waals surface area (Å²) >= 11 is 12.1. The molecule has 0 heterocycles. The van der Waals surface area contributed by atoms with E-state index in [1.165, 1.54) is 12.8 Å². The molecule has 0 aliphatic heterocycles. The minimum absolute atomic E-state index is 0.506. The third kappa shape index (κ3) is 3.29. The number of unbranched alkanes of at least 4 members (excludes halogenated alkanes) is 1. The van der Waals surface area contributed by atoms with E-state index < -0.39 is 0 Å². The minimum Gasteiger partial charge on any atom is -0.373 e. The summed E-state index contributed by atoms with van der Waals surface area (Å²) in [6.07, 6.45) is 2.36. The van der Waals surface area contributed by atoms with Crippen LogP contribution in [0.15, 0.2) is 18.2 Å². The maximum absolute atomic E-state index is 6.18. The van der Waals surface area contributed by atoms with Gasteiger partial charge in [-0.05, 0) is 18.1 Å². The fraction of sp³-hybridized carbons (Fsp3) is 0.500. The lowest BCUT2D eigenvalue weighted by atomic mass is 10.1. The SMILES string of the molecule is CCCCN(C)c1c(Cl)cccc1CCl. The van der Waals surface area contributed by atoms with Gasteiger partial charge in [-0.1, -0.05) is 37.1 Å². The Morgan fingerprint density at radius 1 is 1.33 bits per heavy atom. The second-order valence-corrected chi connectivity index (χ2v) is 4.33. The number of hydrogen-bond acceptors (Lipinski definition) is 1. The van der Waals surface area contributed by atoms with Crippen LogP contribution in [0.3, 0.4) is 0 Å². The highest BCUT2D eigenvalue weighted by molar-refractivity contribution is 6.33. The van der Waals surface area contributed by atoms with E-state index >= 15 is 0 Å². The Balaban J connectivity index is 2.90. The van der Waals surface area contributed by atoms with Gasteiger partial charge in [0.15, 0.2) is 0 Å². The van der Waals surface area contributed by atoms with Gasteiger partial charge in [0.25, 0.3) is 0 Å². The molecule has 1 aromatic carbocycles. The third-order valence-electron chi connectivity index (χ3n) is 2.44. The average molecular weight is 246 g/mol. The highest BCUT2D eigenvalue weighted by atomic mass is 35.5. The Morgan fingerprint density at radius 2 is 2.07 bits per heavy atom. The van der Waals surface area contributed by atoms with Crippen LogP contribution in [0.4, 0.5) is 5.69 Å². The van der Waals surface area contributed by atoms with Gasteiger partial charge in [0, 0.05) is 19.5 Å². The van der Waals surface area contributed by atoms with Crippen molar-refractivity contribution in [3.05, 3.63) is 28.8 Å². The van der Waals surface area contributed by atoms with E-state index in [2.05, 4.69) is 18.9 Å². The van der Waals surface area contributed by atoms with Gasteiger partial charge >= 0.3 is 0 Å². The molecule has 0 aliphatic carbocycles. The predicted octanol–water partition coefficient (Wildman–Crippen LogP) is 4.32. The zero-order valence-corrected chi connectivity index (χ0v) is 10.8. The molecule has 0 atom stereocenters. The van der Waals surface area contributed by atoms with Crippen LogP contribution in [-0.4, -0.2) is 13.6 Å². The molecule has 0 fully saturated rings. The normalized spacial score (nSPS) is 10.4. The van der Waals surface area contributed by atoms with Gasteiger partial charge in [-0.2, -0.15) is 0 Å². The second kappa shape index (κ2) is 6.24. The molecule has 0 saturated carbocycles. The smallest absolute Gasteiger partial charge is 0.0642 e. The summed E-state index contributed by atoms with van der Waals surface area (Å²) in [5.41, 5.74) is 2.17. The first-order chi connectivity index (χ1) is 7.20. The van der Waals surface area contributed by atoms with Crippen molar-refractivity contribution in [3.8, 4) is 0 Å². The van der Waals surface area contributed by atoms with Gasteiger partial charge < -0.3 is 4.90 Å². The van der Waals surface area contributed by atoms with E-state index in [-0.39, 0.29) is 0 Å². The summed E-state index contributed by atoms with van der Waals surface area (Å²) in [5.74, 6) is 0.506. The van der Waals surface area contributed by atoms with Gasteiger partial charge in [-0.15, -0.1) is 11.6 Å². The number of rotatable bonds is 5. The molecule has 0 aliphatic rings. The molecular formula is C12H17Cl2N. The standard InChI is InChI=1S/C12H17Cl2N/c1-3-4-8-15(2)12-10(9-13)6-5-7-11(12)14/h5-7H,3-4,8-9H2,1-2H3. The minimum atomic E-state index is 0.506. The van der Waals surface area contributed by atoms with E-state index in [4.69, 9.17) is 23.2 Å². The Bertz CT molecular complexity index is 312. The zero-order chi connectivity index (χ0) is 11.3. The van der Waals surface area contributed by atoms with Crippen LogP contribution in [0.25, 0.3) is 0 Å². The summed E-state index contributed by atoms with van der Waals surface area (Å²) in [6, 6.07) is 5.88. The monoisotopic (exact) mass is 245 g/mol. The largest absolute Gasteiger partial charge is 0.373 e. The van der Waals surface area contributed by atoms with E-state index in [1.807, 2.05) is 18.2 Å². The summed E-state index contributed by atoms with van der Waals surface area (Å²) in [5, 5.41) is 0.784. The van der Waals surface area contributed by atoms with Crippen LogP contribution >= 0.6 is 23.2 Å². The lowest BCUT2D eigenvalue weighted by Crippen LogP contribution is -2.20. The van der Waals surface area contributed by atoms with Gasteiger partial charge in [0.05, 0.1) is 10.7 Å². The van der Waals surface area contributed by atoms with Crippen LogP contribution in [-0.2, 0) is 5.88 Å². The molecule has 3 heteroatoms. The van der Waals surface area contributed by atoms with Gasteiger partial charge in [-0.3, -0.25) is 0 Å². The lowest BCUT2D eigenvalue weighted by molar-refractivity contribution is 0.765. The van der Waals surface area contributed by atoms with Crippen LogP contribution in [0.5, 0.6) is 0 Å². The summed E-state index contributed by atoms with van der Waals surface area (Å²) in [6.45, 7) is 3.20. The van der Waals surface area contributed by atoms with Crippen molar-refractivity contribution in [2.75, 3.05) is 18.5 Å². The molecule has 0 aromatic heterocycles. The number of para-hydroxylation sites is 1. The first-order valence-corrected chi connectivity index (χ1v) is 6.16. The van der Waals surface area contributed by atoms with Crippen molar-refractivity contribution in [2.24, 2.45) is 0 Å². The second-order valence-electron chi connectivity index (χ2n) is 3.66. The Morgan fingerprint density at radius 3 is 2.67 bits per heavy atom. The molecule has 15 heavy (non-hydrogen) atoms. The van der Waals surface area contributed by atoms with E-state index in [0.717, 1.165) is 22.8 Å². The Kier molecular flexibility index (Phi) is 5.27. The highest BCUT2D eigenvalue weighted by Gasteiger charge is 2.10. The topological polar surface area (TPSA) is 3.24 Å². The van der Waals surface area contributed by atoms with Crippen LogP contribution in [0.2, 0.25) is 5.02 Å². The van der Waals surface area contributed by atoms with Gasteiger partial charge in [0.2, 0.25) is 0 Å². The number of nitrogens with zero attached hydrogens (tertiary/aromatic N) is 1. The first kappa shape index (κ1) is 12.7. The number of benzene rings is 1. The van der Waals surface area contributed by atoms with E-state index in [9.17, 15) is 0 Å². The maximum atomic E-state index is 6.18. The molecule has 0 radical (unpaired) electrons. The van der Waals surface area contributed by atoms with E-state index in [1.54, 1.807) is 0 Å². The molecule has 0 amide bonds. The van der Waals surface area contributed by atoms with Crippen LogP contribution < -0.4 is 4.90 Å². The first-order valence-electron chi connectivity index (χ1n) is 5.25. The summed E-state index contributed by atoms with van der Waals surface area (Å²) < 4.78 is 0. The molecule has 0 spiro atoms. The zero-order valence-electron chi connectivity index (χ0n) is 9.26. The molecule has 0 saturated heterocycles. The maximum Gasteiger partial charge on any atom is 0.0642 e. The van der Waals surface area contributed by atoms with E-state index in [0.29, 0.717) is 5.88 Å². The molecule has 0 bridgehead atoms. The molecular weight excluding hydrogens is 229 g/mol. The fourth-order valence-corrected chi connectivity index (χ4v) is 2.16. The average Bonchev–Trinajstić information content (AvgIpc) is 2.25. The predicted molar refractivity (Wildman–Crippen MR) is 69.2 cm³/mol. The van der Waals surface area contributed by atoms with Crippen molar-refractivity contribution in [1.82, 2.24) is 0 Å². The molecule has 0 unspecified atom stereocenters. The van der Waals surface area contributed by atoms with Crippen molar-refractivity contribution >= 4 is 28.9 Å². The molecule has 1 rings (SSSR count). The fourth-order valence-electron chi connectivity index (χ4n) is 1.60. The van der Waals surface area contributed by atoms with Crippen molar-refractivity contribution < 1.29 is 0 Å². The molecule has 84 valence electrons. The number of anilines is 1. The van der Waals surface area contributed by atoms with Crippen molar-refractivity contribution in [1.29, 1.82) is 0 Å². The summed E-state index contributed by atoms with van der Waals surface area (Å²) in [7, 11) is 2.06. The third-order valence-corrected chi connectivity index (χ3v) is 3.04. The highest BCUT2D eigenvalue weighted by Crippen LogP contribution is 2.30. The lowest BCUT2D eigenvalue weighted by Gasteiger charge is -2.22. The van der Waals surface area contributed by atoms with Crippen LogP contribution in [0.1, 0.15) is 25.3 Å². The molecule has 0 N–H and O–H groups in total. The quantitative estimate of drug-likeness (QED) is 0.699. The number of alkyl halides is 1. The number of hydrogen-bond donors (Lipinski definition) is 0. The van der Waals surface area contributed by atoms with Crippen LogP contribution in [0, 0.1) is 0 Å². The van der Waals surface area contributed by atoms with Crippen molar-refractivity contribution in [2.45, 2.75) is 25.6 Å². The Hall–Kier alpha value is -0.400. The molecule has 1 aromatic rings. The van der Waals surface area contributed by atoms with Gasteiger partial charge in [0.1, 0.15) is 0 Å². The Labute approximate surface area is 102 Å². The van der Waals surface area contributed by atoms with Gasteiger partial charge in [-0.25, -0.2) is 0 Å². The van der Waals surface area contributed by atoms with Crippen molar-refractivity contribution in [3.63, 3.8) is 0 Å².